The summed E-state index contributed by atoms with van der Waals surface area (Å²) in [5.74, 6) is 0.726. The summed E-state index contributed by atoms with van der Waals surface area (Å²) < 4.78 is 0. The highest BCUT2D eigenvalue weighted by Crippen LogP contribution is 2.33. The van der Waals surface area contributed by atoms with Crippen LogP contribution in [-0.2, 0) is 4.79 Å². The van der Waals surface area contributed by atoms with Gasteiger partial charge in [0.1, 0.15) is 17.1 Å². The summed E-state index contributed by atoms with van der Waals surface area (Å²) in [4.78, 5) is 19.8. The molecule has 0 saturated heterocycles. The minimum absolute atomic E-state index is 0.133. The van der Waals surface area contributed by atoms with Crippen LogP contribution in [0.4, 0.5) is 17.5 Å². The van der Waals surface area contributed by atoms with E-state index in [4.69, 9.17) is 11.6 Å². The van der Waals surface area contributed by atoms with E-state index in [0.717, 1.165) is 11.1 Å². The van der Waals surface area contributed by atoms with Crippen LogP contribution < -0.4 is 10.6 Å². The first-order valence-corrected chi connectivity index (χ1v) is 9.41. The summed E-state index contributed by atoms with van der Waals surface area (Å²) in [6.45, 7) is 3.34. The summed E-state index contributed by atoms with van der Waals surface area (Å²) in [5, 5.41) is 24.4. The number of hydrogen-bond acceptors (Lipinski definition) is 7. The standard InChI is InChI=1S/C21H17ClN6O2/c1-11-7-13(16-9-15(30)4-5-17(16)22)8-18-20(11)26-21(28-27-18)25-14-3-6-19(23-10-14)24-12(2)29/h3-10,30H,1-2H3,(H,23,24,29)(H,25,26,28). The second kappa shape index (κ2) is 7.92. The Morgan fingerprint density at radius 1 is 1.10 bits per heavy atom. The lowest BCUT2D eigenvalue weighted by Gasteiger charge is -2.10. The maximum atomic E-state index is 11.1. The number of anilines is 3. The quantitative estimate of drug-likeness (QED) is 0.446. The van der Waals surface area contributed by atoms with Crippen LogP contribution in [0.5, 0.6) is 5.75 Å². The van der Waals surface area contributed by atoms with Gasteiger partial charge in [-0.15, -0.1) is 10.2 Å². The molecule has 0 radical (unpaired) electrons. The Labute approximate surface area is 177 Å². The number of aryl methyl sites for hydroxylation is 1. The minimum atomic E-state index is -0.188. The Bertz CT molecular complexity index is 1260. The van der Waals surface area contributed by atoms with Gasteiger partial charge < -0.3 is 15.7 Å². The molecule has 4 aromatic rings. The molecule has 30 heavy (non-hydrogen) atoms. The lowest BCUT2D eigenvalue weighted by Crippen LogP contribution is -2.07. The molecule has 0 bridgehead atoms. The zero-order chi connectivity index (χ0) is 21.3. The van der Waals surface area contributed by atoms with Gasteiger partial charge in [0.15, 0.2) is 0 Å². The number of fused-ring (bicyclic) bond motifs is 1. The van der Waals surface area contributed by atoms with E-state index >= 15 is 0 Å². The van der Waals surface area contributed by atoms with Crippen molar-refractivity contribution in [3.63, 3.8) is 0 Å². The topological polar surface area (TPSA) is 113 Å². The second-order valence-electron chi connectivity index (χ2n) is 6.70. The number of aromatic hydroxyl groups is 1. The van der Waals surface area contributed by atoms with E-state index in [1.54, 1.807) is 30.5 Å². The summed E-state index contributed by atoms with van der Waals surface area (Å²) >= 11 is 6.29. The molecule has 4 rings (SSSR count). The predicted molar refractivity (Wildman–Crippen MR) is 116 cm³/mol. The maximum Gasteiger partial charge on any atom is 0.247 e. The number of aromatic nitrogens is 4. The van der Waals surface area contributed by atoms with Crippen molar-refractivity contribution < 1.29 is 9.90 Å². The first-order valence-electron chi connectivity index (χ1n) is 9.04. The number of nitrogens with zero attached hydrogens (tertiary/aromatic N) is 4. The average Bonchev–Trinajstić information content (AvgIpc) is 2.71. The lowest BCUT2D eigenvalue weighted by atomic mass is 10.0. The van der Waals surface area contributed by atoms with Gasteiger partial charge >= 0.3 is 0 Å². The number of halogens is 1. The molecule has 0 fully saturated rings. The SMILES string of the molecule is CC(=O)Nc1ccc(Nc2nnc3cc(-c4cc(O)ccc4Cl)cc(C)c3n2)cn1. The van der Waals surface area contributed by atoms with Crippen molar-refractivity contribution in [2.45, 2.75) is 13.8 Å². The van der Waals surface area contributed by atoms with E-state index in [9.17, 15) is 9.90 Å². The molecule has 150 valence electrons. The van der Waals surface area contributed by atoms with E-state index in [2.05, 4.69) is 30.8 Å². The molecule has 9 heteroatoms. The van der Waals surface area contributed by atoms with Crippen LogP contribution in [0.25, 0.3) is 22.2 Å². The number of hydrogen-bond donors (Lipinski definition) is 3. The number of phenols is 1. The number of nitrogens with one attached hydrogen (secondary N) is 2. The number of benzene rings is 2. The number of carbonyl (C=O) groups is 1. The molecular weight excluding hydrogens is 404 g/mol. The summed E-state index contributed by atoms with van der Waals surface area (Å²) in [6, 6.07) is 12.0. The van der Waals surface area contributed by atoms with Crippen LogP contribution in [0.2, 0.25) is 5.02 Å². The van der Waals surface area contributed by atoms with Gasteiger partial charge in [0.05, 0.1) is 17.4 Å². The fourth-order valence-corrected chi connectivity index (χ4v) is 3.23. The molecule has 0 aliphatic carbocycles. The smallest absolute Gasteiger partial charge is 0.247 e. The average molecular weight is 421 g/mol. The van der Waals surface area contributed by atoms with Gasteiger partial charge in [-0.3, -0.25) is 4.79 Å². The highest BCUT2D eigenvalue weighted by molar-refractivity contribution is 6.33. The van der Waals surface area contributed by atoms with Gasteiger partial charge in [0, 0.05) is 17.5 Å². The van der Waals surface area contributed by atoms with Gasteiger partial charge in [-0.1, -0.05) is 11.6 Å². The Morgan fingerprint density at radius 3 is 2.67 bits per heavy atom. The van der Waals surface area contributed by atoms with E-state index < -0.39 is 0 Å². The fourth-order valence-electron chi connectivity index (χ4n) is 3.01. The zero-order valence-corrected chi connectivity index (χ0v) is 16.9. The summed E-state index contributed by atoms with van der Waals surface area (Å²) in [7, 11) is 0. The maximum absolute atomic E-state index is 11.1. The van der Waals surface area contributed by atoms with E-state index in [0.29, 0.717) is 39.1 Å². The number of carbonyl (C=O) groups excluding carboxylic acids is 1. The molecule has 1 amide bonds. The van der Waals surface area contributed by atoms with Gasteiger partial charge in [-0.25, -0.2) is 9.97 Å². The highest BCUT2D eigenvalue weighted by atomic mass is 35.5. The van der Waals surface area contributed by atoms with Crippen LogP contribution in [0.3, 0.4) is 0 Å². The van der Waals surface area contributed by atoms with Crippen molar-refractivity contribution in [3.05, 3.63) is 59.2 Å². The molecule has 3 N–H and O–H groups in total. The fraction of sp³-hybridized carbons (Fsp3) is 0.0952. The van der Waals surface area contributed by atoms with Crippen LogP contribution in [0.1, 0.15) is 12.5 Å². The van der Waals surface area contributed by atoms with E-state index in [-0.39, 0.29) is 11.7 Å². The van der Waals surface area contributed by atoms with Crippen molar-refractivity contribution in [2.24, 2.45) is 0 Å². The van der Waals surface area contributed by atoms with Crippen LogP contribution in [0.15, 0.2) is 48.7 Å². The van der Waals surface area contributed by atoms with E-state index in [1.807, 2.05) is 19.1 Å². The van der Waals surface area contributed by atoms with E-state index in [1.165, 1.54) is 13.0 Å². The Balaban J connectivity index is 1.64. The van der Waals surface area contributed by atoms with Crippen molar-refractivity contribution >= 4 is 46.0 Å². The lowest BCUT2D eigenvalue weighted by molar-refractivity contribution is -0.114. The number of phenolic OH excluding ortho intramolecular Hbond substituents is 1. The molecule has 2 heterocycles. The third-order valence-corrected chi connectivity index (χ3v) is 4.66. The molecular formula is C21H17ClN6O2. The zero-order valence-electron chi connectivity index (χ0n) is 16.1. The molecule has 2 aromatic carbocycles. The number of pyridine rings is 1. The molecule has 2 aromatic heterocycles. The highest BCUT2D eigenvalue weighted by Gasteiger charge is 2.11. The molecule has 0 aliphatic rings. The number of amides is 1. The summed E-state index contributed by atoms with van der Waals surface area (Å²) in [6.07, 6.45) is 1.57. The third kappa shape index (κ3) is 4.13. The van der Waals surface area contributed by atoms with Crippen molar-refractivity contribution in [2.75, 3.05) is 10.6 Å². The molecule has 8 nitrogen and oxygen atoms in total. The van der Waals surface area contributed by atoms with Gasteiger partial charge in [0.25, 0.3) is 0 Å². The predicted octanol–water partition coefficient (Wildman–Crippen LogP) is 4.46. The van der Waals surface area contributed by atoms with Crippen LogP contribution >= 0.6 is 11.6 Å². The first kappa shape index (κ1) is 19.5. The van der Waals surface area contributed by atoms with Gasteiger partial charge in [-0.05, 0) is 60.5 Å². The monoisotopic (exact) mass is 420 g/mol. The molecule has 0 aliphatic heterocycles. The van der Waals surface area contributed by atoms with Crippen LogP contribution in [-0.4, -0.2) is 31.2 Å². The Morgan fingerprint density at radius 2 is 1.93 bits per heavy atom. The van der Waals surface area contributed by atoms with Crippen molar-refractivity contribution in [1.82, 2.24) is 20.2 Å². The molecule has 0 atom stereocenters. The normalized spacial score (nSPS) is 10.8. The number of rotatable bonds is 4. The van der Waals surface area contributed by atoms with Crippen molar-refractivity contribution in [1.29, 1.82) is 0 Å². The largest absolute Gasteiger partial charge is 0.508 e. The minimum Gasteiger partial charge on any atom is -0.508 e. The summed E-state index contributed by atoms with van der Waals surface area (Å²) in [5.41, 5.74) is 4.36. The Hall–Kier alpha value is -3.78. The van der Waals surface area contributed by atoms with Gasteiger partial charge in [0.2, 0.25) is 11.9 Å². The molecule has 0 unspecified atom stereocenters. The van der Waals surface area contributed by atoms with Crippen LogP contribution in [0, 0.1) is 6.92 Å². The second-order valence-corrected chi connectivity index (χ2v) is 7.11. The van der Waals surface area contributed by atoms with Crippen molar-refractivity contribution in [3.8, 4) is 16.9 Å². The third-order valence-electron chi connectivity index (χ3n) is 4.34. The molecule has 0 spiro atoms. The first-order chi connectivity index (χ1) is 14.4. The van der Waals surface area contributed by atoms with Gasteiger partial charge in [-0.2, -0.15) is 0 Å². The molecule has 0 saturated carbocycles. The Kier molecular flexibility index (Phi) is 5.16.